The molecular formula is C20H26N4O. The van der Waals surface area contributed by atoms with Crippen LogP contribution < -0.4 is 5.32 Å². The van der Waals surface area contributed by atoms with Crippen molar-refractivity contribution in [2.75, 3.05) is 38.2 Å². The van der Waals surface area contributed by atoms with E-state index in [1.807, 2.05) is 24.3 Å². The van der Waals surface area contributed by atoms with Crippen LogP contribution in [0.4, 0.5) is 5.69 Å². The minimum absolute atomic E-state index is 0.433. The highest BCUT2D eigenvalue weighted by Crippen LogP contribution is 2.26. The Morgan fingerprint density at radius 2 is 2.04 bits per heavy atom. The summed E-state index contributed by atoms with van der Waals surface area (Å²) in [4.78, 5) is 6.89. The lowest BCUT2D eigenvalue weighted by Crippen LogP contribution is -2.47. The second-order valence-corrected chi connectivity index (χ2v) is 6.99. The minimum Gasteiger partial charge on any atom is -0.382 e. The monoisotopic (exact) mass is 338 g/mol. The van der Waals surface area contributed by atoms with Crippen molar-refractivity contribution >= 4 is 16.6 Å². The molecule has 1 saturated heterocycles. The quantitative estimate of drug-likeness (QED) is 0.876. The van der Waals surface area contributed by atoms with E-state index in [9.17, 15) is 5.26 Å². The first-order valence-electron chi connectivity index (χ1n) is 9.02. The molecule has 2 heterocycles. The van der Waals surface area contributed by atoms with Crippen molar-refractivity contribution < 1.29 is 4.74 Å². The Morgan fingerprint density at radius 1 is 1.28 bits per heavy atom. The summed E-state index contributed by atoms with van der Waals surface area (Å²) in [6.07, 6.45) is 2.79. The van der Waals surface area contributed by atoms with E-state index in [2.05, 4.69) is 35.1 Å². The predicted molar refractivity (Wildman–Crippen MR) is 101 cm³/mol. The van der Waals surface area contributed by atoms with Gasteiger partial charge in [-0.05, 0) is 18.4 Å². The van der Waals surface area contributed by atoms with E-state index in [0.29, 0.717) is 17.5 Å². The molecule has 1 fully saturated rings. The molecule has 5 heteroatoms. The molecule has 0 aliphatic carbocycles. The largest absolute Gasteiger partial charge is 0.382 e. The van der Waals surface area contributed by atoms with Gasteiger partial charge in [0.05, 0.1) is 30.0 Å². The molecule has 1 unspecified atom stereocenters. The zero-order valence-electron chi connectivity index (χ0n) is 15.0. The molecule has 2 aromatic rings. The molecule has 1 atom stereocenters. The van der Waals surface area contributed by atoms with E-state index in [1.165, 1.54) is 0 Å². The topological polar surface area (TPSA) is 61.2 Å². The van der Waals surface area contributed by atoms with Gasteiger partial charge in [0.15, 0.2) is 0 Å². The van der Waals surface area contributed by atoms with Crippen molar-refractivity contribution in [2.45, 2.75) is 26.3 Å². The summed E-state index contributed by atoms with van der Waals surface area (Å²) in [7, 11) is 0. The van der Waals surface area contributed by atoms with Gasteiger partial charge < -0.3 is 10.1 Å². The number of benzene rings is 1. The Kier molecular flexibility index (Phi) is 5.85. The molecule has 132 valence electrons. The zero-order chi connectivity index (χ0) is 17.6. The van der Waals surface area contributed by atoms with Gasteiger partial charge in [0, 0.05) is 37.3 Å². The van der Waals surface area contributed by atoms with Crippen molar-refractivity contribution in [2.24, 2.45) is 5.92 Å². The maximum absolute atomic E-state index is 9.48. The van der Waals surface area contributed by atoms with Crippen LogP contribution >= 0.6 is 0 Å². The van der Waals surface area contributed by atoms with Crippen LogP contribution in [0.15, 0.2) is 30.5 Å². The maximum Gasteiger partial charge on any atom is 0.103 e. The smallest absolute Gasteiger partial charge is 0.103 e. The fourth-order valence-corrected chi connectivity index (χ4v) is 3.48. The van der Waals surface area contributed by atoms with Crippen LogP contribution in [0.1, 0.15) is 25.8 Å². The molecule has 1 N–H and O–H groups in total. The molecule has 0 bridgehead atoms. The molecular weight excluding hydrogens is 312 g/mol. The van der Waals surface area contributed by atoms with Gasteiger partial charge in [-0.15, -0.1) is 0 Å². The highest BCUT2D eigenvalue weighted by Gasteiger charge is 2.22. The third kappa shape index (κ3) is 4.28. The van der Waals surface area contributed by atoms with Crippen LogP contribution in [-0.2, 0) is 4.74 Å². The standard InChI is InChI=1S/C20H26N4O/c1-15(2)11-17(24-7-9-25-10-8-24)14-23-20-16(12-21)13-22-19-6-4-3-5-18(19)20/h3-6,13,15,17H,7-11,14H2,1-2H3,(H,22,23). The van der Waals surface area contributed by atoms with Gasteiger partial charge in [-0.1, -0.05) is 32.0 Å². The molecule has 0 spiro atoms. The predicted octanol–water partition coefficient (Wildman–Crippen LogP) is 3.27. The number of para-hydroxylation sites is 1. The first-order chi connectivity index (χ1) is 12.2. The van der Waals surface area contributed by atoms with Crippen molar-refractivity contribution in [1.82, 2.24) is 9.88 Å². The van der Waals surface area contributed by atoms with E-state index in [1.54, 1.807) is 6.20 Å². The van der Waals surface area contributed by atoms with Crippen molar-refractivity contribution in [3.05, 3.63) is 36.0 Å². The van der Waals surface area contributed by atoms with Gasteiger partial charge in [0.1, 0.15) is 6.07 Å². The number of rotatable bonds is 6. The van der Waals surface area contributed by atoms with E-state index in [0.717, 1.165) is 55.9 Å². The first kappa shape index (κ1) is 17.7. The highest BCUT2D eigenvalue weighted by atomic mass is 16.5. The average molecular weight is 338 g/mol. The summed E-state index contributed by atoms with van der Waals surface area (Å²) >= 11 is 0. The summed E-state index contributed by atoms with van der Waals surface area (Å²) < 4.78 is 5.50. The Morgan fingerprint density at radius 3 is 2.76 bits per heavy atom. The third-order valence-corrected chi connectivity index (χ3v) is 4.72. The summed E-state index contributed by atoms with van der Waals surface area (Å²) in [5.74, 6) is 0.624. The van der Waals surface area contributed by atoms with Gasteiger partial charge in [-0.2, -0.15) is 5.26 Å². The molecule has 0 saturated carbocycles. The maximum atomic E-state index is 9.48. The van der Waals surface area contributed by atoms with Gasteiger partial charge >= 0.3 is 0 Å². The fourth-order valence-electron chi connectivity index (χ4n) is 3.48. The van der Waals surface area contributed by atoms with Crippen LogP contribution in [0.5, 0.6) is 0 Å². The van der Waals surface area contributed by atoms with Crippen molar-refractivity contribution in [3.63, 3.8) is 0 Å². The lowest BCUT2D eigenvalue weighted by molar-refractivity contribution is 0.0151. The molecule has 25 heavy (non-hydrogen) atoms. The zero-order valence-corrected chi connectivity index (χ0v) is 15.0. The fraction of sp³-hybridized carbons (Fsp3) is 0.500. The number of hydrogen-bond acceptors (Lipinski definition) is 5. The lowest BCUT2D eigenvalue weighted by Gasteiger charge is -2.35. The minimum atomic E-state index is 0.433. The number of anilines is 1. The second-order valence-electron chi connectivity index (χ2n) is 6.99. The van der Waals surface area contributed by atoms with Crippen molar-refractivity contribution in [3.8, 4) is 6.07 Å². The van der Waals surface area contributed by atoms with E-state index in [-0.39, 0.29) is 0 Å². The number of fused-ring (bicyclic) bond motifs is 1. The Hall–Kier alpha value is -2.16. The number of nitriles is 1. The first-order valence-corrected chi connectivity index (χ1v) is 9.02. The third-order valence-electron chi connectivity index (χ3n) is 4.72. The Bertz CT molecular complexity index is 747. The number of pyridine rings is 1. The molecule has 1 aliphatic heterocycles. The summed E-state index contributed by atoms with van der Waals surface area (Å²) in [6.45, 7) is 8.89. The lowest BCUT2D eigenvalue weighted by atomic mass is 10.0. The number of ether oxygens (including phenoxy) is 1. The van der Waals surface area contributed by atoms with E-state index in [4.69, 9.17) is 4.74 Å². The number of aromatic nitrogens is 1. The Balaban J connectivity index is 1.82. The molecule has 1 aliphatic rings. The molecule has 0 radical (unpaired) electrons. The van der Waals surface area contributed by atoms with E-state index < -0.39 is 0 Å². The normalized spacial score (nSPS) is 16.7. The Labute approximate surface area is 149 Å². The van der Waals surface area contributed by atoms with Crippen LogP contribution in [0, 0.1) is 17.2 Å². The average Bonchev–Trinajstić information content (AvgIpc) is 2.65. The number of morpholine rings is 1. The summed E-state index contributed by atoms with van der Waals surface area (Å²) in [5.41, 5.74) is 2.41. The number of nitrogens with zero attached hydrogens (tertiary/aromatic N) is 3. The van der Waals surface area contributed by atoms with E-state index >= 15 is 0 Å². The van der Waals surface area contributed by atoms with Crippen molar-refractivity contribution in [1.29, 1.82) is 5.26 Å². The summed E-state index contributed by atoms with van der Waals surface area (Å²) in [5, 5.41) is 14.1. The highest BCUT2D eigenvalue weighted by molar-refractivity contribution is 5.93. The molecule has 3 rings (SSSR count). The summed E-state index contributed by atoms with van der Waals surface area (Å²) in [6, 6.07) is 10.7. The number of hydrogen-bond donors (Lipinski definition) is 1. The molecule has 1 aromatic carbocycles. The van der Waals surface area contributed by atoms with Crippen LogP contribution in [0.2, 0.25) is 0 Å². The number of nitrogens with one attached hydrogen (secondary N) is 1. The van der Waals surface area contributed by atoms with Gasteiger partial charge in [0.25, 0.3) is 0 Å². The van der Waals surface area contributed by atoms with Crippen LogP contribution in [-0.4, -0.2) is 48.8 Å². The van der Waals surface area contributed by atoms with Gasteiger partial charge in [0.2, 0.25) is 0 Å². The molecule has 0 amide bonds. The van der Waals surface area contributed by atoms with Crippen LogP contribution in [0.25, 0.3) is 10.9 Å². The molecule has 5 nitrogen and oxygen atoms in total. The SMILES string of the molecule is CC(C)CC(CNc1c(C#N)cnc2ccccc12)N1CCOCC1. The van der Waals surface area contributed by atoms with Crippen LogP contribution in [0.3, 0.4) is 0 Å². The molecule has 1 aromatic heterocycles. The van der Waals surface area contributed by atoms with Gasteiger partial charge in [-0.3, -0.25) is 9.88 Å². The van der Waals surface area contributed by atoms with Gasteiger partial charge in [-0.25, -0.2) is 0 Å². The second kappa shape index (κ2) is 8.28.